The van der Waals surface area contributed by atoms with Crippen LogP contribution in [0.1, 0.15) is 48.8 Å². The first-order chi connectivity index (χ1) is 11.4. The molecule has 0 aromatic heterocycles. The van der Waals surface area contributed by atoms with Gasteiger partial charge in [-0.05, 0) is 57.6 Å². The molecule has 0 spiro atoms. The predicted molar refractivity (Wildman–Crippen MR) is 98.1 cm³/mol. The van der Waals surface area contributed by atoms with Gasteiger partial charge < -0.3 is 10.2 Å². The standard InChI is InChI=1S/C20H28N2O2/c1-14-11-15(2)19(16(3)12-14)21-18(23)13-22(4)20(24)17-9-7-5-6-8-10-17/h9,11-12H,5-8,10,13H2,1-4H3,(H,21,23). The molecule has 2 amide bonds. The van der Waals surface area contributed by atoms with Gasteiger partial charge in [-0.15, -0.1) is 0 Å². The molecule has 24 heavy (non-hydrogen) atoms. The predicted octanol–water partition coefficient (Wildman–Crippen LogP) is 3.90. The number of aryl methyl sites for hydroxylation is 3. The molecule has 1 aliphatic rings. The van der Waals surface area contributed by atoms with Crippen molar-refractivity contribution in [2.45, 2.75) is 52.9 Å². The Morgan fingerprint density at radius 1 is 1.08 bits per heavy atom. The van der Waals surface area contributed by atoms with Crippen LogP contribution in [0.5, 0.6) is 0 Å². The molecule has 0 fully saturated rings. The van der Waals surface area contributed by atoms with E-state index in [0.29, 0.717) is 0 Å². The van der Waals surface area contributed by atoms with Gasteiger partial charge >= 0.3 is 0 Å². The number of hydrogen-bond donors (Lipinski definition) is 1. The Balaban J connectivity index is 1.99. The summed E-state index contributed by atoms with van der Waals surface area (Å²) in [6.45, 7) is 6.09. The third kappa shape index (κ3) is 4.70. The number of carbonyl (C=O) groups excluding carboxylic acids is 2. The SMILES string of the molecule is Cc1cc(C)c(NC(=O)CN(C)C(=O)C2=CCCCCC2)c(C)c1. The zero-order chi connectivity index (χ0) is 17.7. The van der Waals surface area contributed by atoms with Gasteiger partial charge in [0.2, 0.25) is 11.8 Å². The Labute approximate surface area is 144 Å². The van der Waals surface area contributed by atoms with Crippen LogP contribution in [-0.4, -0.2) is 30.3 Å². The van der Waals surface area contributed by atoms with E-state index >= 15 is 0 Å². The smallest absolute Gasteiger partial charge is 0.249 e. The Morgan fingerprint density at radius 2 is 1.75 bits per heavy atom. The fourth-order valence-electron chi connectivity index (χ4n) is 3.30. The number of amides is 2. The lowest BCUT2D eigenvalue weighted by Crippen LogP contribution is -2.36. The number of nitrogens with zero attached hydrogens (tertiary/aromatic N) is 1. The van der Waals surface area contributed by atoms with E-state index in [4.69, 9.17) is 0 Å². The van der Waals surface area contributed by atoms with Crippen LogP contribution in [0.2, 0.25) is 0 Å². The molecule has 2 rings (SSSR count). The third-order valence-corrected chi connectivity index (χ3v) is 4.48. The number of carbonyl (C=O) groups is 2. The average Bonchev–Trinajstić information content (AvgIpc) is 2.79. The van der Waals surface area contributed by atoms with E-state index in [1.807, 2.05) is 39.0 Å². The van der Waals surface area contributed by atoms with Crippen LogP contribution in [0.25, 0.3) is 0 Å². The van der Waals surface area contributed by atoms with Crippen LogP contribution in [0, 0.1) is 20.8 Å². The van der Waals surface area contributed by atoms with Gasteiger partial charge in [0, 0.05) is 18.3 Å². The lowest BCUT2D eigenvalue weighted by molar-refractivity contribution is -0.130. The Morgan fingerprint density at radius 3 is 2.42 bits per heavy atom. The van der Waals surface area contributed by atoms with E-state index in [-0.39, 0.29) is 18.4 Å². The summed E-state index contributed by atoms with van der Waals surface area (Å²) < 4.78 is 0. The Kier molecular flexibility index (Phi) is 6.18. The first kappa shape index (κ1) is 18.2. The van der Waals surface area contributed by atoms with Gasteiger partial charge in [0.15, 0.2) is 0 Å². The van der Waals surface area contributed by atoms with Crippen molar-refractivity contribution in [3.05, 3.63) is 40.5 Å². The number of nitrogens with one attached hydrogen (secondary N) is 1. The number of benzene rings is 1. The van der Waals surface area contributed by atoms with Crippen LogP contribution in [0.3, 0.4) is 0 Å². The van der Waals surface area contributed by atoms with Crippen LogP contribution in [0.4, 0.5) is 5.69 Å². The van der Waals surface area contributed by atoms with Crippen molar-refractivity contribution in [3.63, 3.8) is 0 Å². The third-order valence-electron chi connectivity index (χ3n) is 4.48. The van der Waals surface area contributed by atoms with Crippen molar-refractivity contribution >= 4 is 17.5 Å². The summed E-state index contributed by atoms with van der Waals surface area (Å²) >= 11 is 0. The zero-order valence-corrected chi connectivity index (χ0v) is 15.2. The summed E-state index contributed by atoms with van der Waals surface area (Å²) in [7, 11) is 1.70. The van der Waals surface area contributed by atoms with E-state index in [0.717, 1.165) is 48.1 Å². The van der Waals surface area contributed by atoms with Gasteiger partial charge in [0.1, 0.15) is 0 Å². The summed E-state index contributed by atoms with van der Waals surface area (Å²) in [5.41, 5.74) is 4.96. The molecule has 0 aliphatic heterocycles. The summed E-state index contributed by atoms with van der Waals surface area (Å²) in [6.07, 6.45) is 7.19. The largest absolute Gasteiger partial charge is 0.333 e. The maximum Gasteiger partial charge on any atom is 0.249 e. The molecule has 4 heteroatoms. The van der Waals surface area contributed by atoms with Crippen LogP contribution in [0.15, 0.2) is 23.8 Å². The second-order valence-corrected chi connectivity index (χ2v) is 6.81. The summed E-state index contributed by atoms with van der Waals surface area (Å²) in [6, 6.07) is 4.10. The molecule has 1 aromatic carbocycles. The fraction of sp³-hybridized carbons (Fsp3) is 0.500. The highest BCUT2D eigenvalue weighted by atomic mass is 16.2. The van der Waals surface area contributed by atoms with E-state index in [1.165, 1.54) is 16.9 Å². The van der Waals surface area contributed by atoms with Crippen molar-refractivity contribution in [3.8, 4) is 0 Å². The normalized spacial score (nSPS) is 14.6. The minimum absolute atomic E-state index is 0.0237. The van der Waals surface area contributed by atoms with Gasteiger partial charge in [-0.2, -0.15) is 0 Å². The van der Waals surface area contributed by atoms with Gasteiger partial charge in [-0.25, -0.2) is 0 Å². The second kappa shape index (κ2) is 8.13. The molecule has 0 radical (unpaired) electrons. The molecule has 1 N–H and O–H groups in total. The van der Waals surface area contributed by atoms with Crippen LogP contribution < -0.4 is 5.32 Å². The fourth-order valence-corrected chi connectivity index (χ4v) is 3.30. The molecule has 1 aliphatic carbocycles. The van der Waals surface area contributed by atoms with Gasteiger partial charge in [-0.3, -0.25) is 9.59 Å². The molecule has 0 saturated heterocycles. The number of anilines is 1. The molecule has 1 aromatic rings. The van der Waals surface area contributed by atoms with E-state index in [1.54, 1.807) is 7.05 Å². The number of likely N-dealkylation sites (N-methyl/N-ethyl adjacent to an activating group) is 1. The minimum atomic E-state index is -0.157. The molecule has 130 valence electrons. The Bertz CT molecular complexity index is 639. The maximum atomic E-state index is 12.5. The second-order valence-electron chi connectivity index (χ2n) is 6.81. The highest BCUT2D eigenvalue weighted by molar-refractivity contribution is 5.99. The lowest BCUT2D eigenvalue weighted by atomic mass is 10.1. The highest BCUT2D eigenvalue weighted by Gasteiger charge is 2.18. The first-order valence-electron chi connectivity index (χ1n) is 8.70. The quantitative estimate of drug-likeness (QED) is 0.911. The van der Waals surface area contributed by atoms with Crippen LogP contribution >= 0.6 is 0 Å². The summed E-state index contributed by atoms with van der Waals surface area (Å²) in [5, 5.41) is 2.95. The van der Waals surface area contributed by atoms with Crippen LogP contribution in [-0.2, 0) is 9.59 Å². The minimum Gasteiger partial charge on any atom is -0.333 e. The van der Waals surface area contributed by atoms with Gasteiger partial charge in [0.25, 0.3) is 0 Å². The van der Waals surface area contributed by atoms with Crippen molar-refractivity contribution < 1.29 is 9.59 Å². The van der Waals surface area contributed by atoms with Crippen molar-refractivity contribution in [2.24, 2.45) is 0 Å². The average molecular weight is 328 g/mol. The molecule has 0 atom stereocenters. The van der Waals surface area contributed by atoms with E-state index < -0.39 is 0 Å². The molecule has 0 heterocycles. The van der Waals surface area contributed by atoms with Gasteiger partial charge in [0.05, 0.1) is 6.54 Å². The molecule has 0 unspecified atom stereocenters. The topological polar surface area (TPSA) is 49.4 Å². The molecule has 4 nitrogen and oxygen atoms in total. The molecule has 0 saturated carbocycles. The summed E-state index contributed by atoms with van der Waals surface area (Å²) in [4.78, 5) is 26.4. The number of allylic oxidation sites excluding steroid dienone is 1. The van der Waals surface area contributed by atoms with E-state index in [9.17, 15) is 9.59 Å². The summed E-state index contributed by atoms with van der Waals surface area (Å²) in [5.74, 6) is -0.181. The van der Waals surface area contributed by atoms with E-state index in [2.05, 4.69) is 5.32 Å². The number of rotatable bonds is 4. The maximum absolute atomic E-state index is 12.5. The molecule has 0 bridgehead atoms. The van der Waals surface area contributed by atoms with Crippen molar-refractivity contribution in [2.75, 3.05) is 18.9 Å². The Hall–Kier alpha value is -2.10. The van der Waals surface area contributed by atoms with Gasteiger partial charge in [-0.1, -0.05) is 30.2 Å². The van der Waals surface area contributed by atoms with Crippen molar-refractivity contribution in [1.29, 1.82) is 0 Å². The lowest BCUT2D eigenvalue weighted by Gasteiger charge is -2.19. The van der Waals surface area contributed by atoms with Crippen molar-refractivity contribution in [1.82, 2.24) is 4.90 Å². The monoisotopic (exact) mass is 328 g/mol. The highest BCUT2D eigenvalue weighted by Crippen LogP contribution is 2.22. The first-order valence-corrected chi connectivity index (χ1v) is 8.70. The molecular formula is C20H28N2O2. The number of hydrogen-bond acceptors (Lipinski definition) is 2. The zero-order valence-electron chi connectivity index (χ0n) is 15.2. The molecular weight excluding hydrogens is 300 g/mol.